The molecule has 0 aliphatic carbocycles. The van der Waals surface area contributed by atoms with Crippen LogP contribution < -0.4 is 0 Å². The molecule has 1 aromatic rings. The van der Waals surface area contributed by atoms with Crippen LogP contribution in [0.5, 0.6) is 0 Å². The van der Waals surface area contributed by atoms with Crippen LogP contribution in [0.25, 0.3) is 0 Å². The van der Waals surface area contributed by atoms with Gasteiger partial charge in [-0.05, 0) is 25.5 Å². The first-order chi connectivity index (χ1) is 11.8. The molecular formula is C17H22F3NO4. The van der Waals surface area contributed by atoms with E-state index in [-0.39, 0.29) is 13.1 Å². The van der Waals surface area contributed by atoms with Crippen LogP contribution in [0, 0.1) is 23.4 Å². The SMILES string of the molecule is CCOCCCN(CC(C)C(=O)OC)C(=O)c1ccc(F)c(F)c1F. The summed E-state index contributed by atoms with van der Waals surface area (Å²) in [5.74, 6) is -6.65. The standard InChI is InChI=1S/C17H22F3NO4/c1-4-25-9-5-8-21(10-11(2)17(23)24-3)16(22)12-6-7-13(18)15(20)14(12)19/h6-7,11H,4-5,8-10H2,1-3H3. The van der Waals surface area contributed by atoms with Crippen LogP contribution in [0.4, 0.5) is 13.2 Å². The number of nitrogens with zero attached hydrogens (tertiary/aromatic N) is 1. The van der Waals surface area contributed by atoms with Crippen molar-refractivity contribution in [2.45, 2.75) is 20.3 Å². The molecule has 0 aromatic heterocycles. The largest absolute Gasteiger partial charge is 0.469 e. The van der Waals surface area contributed by atoms with Crippen molar-refractivity contribution >= 4 is 11.9 Å². The summed E-state index contributed by atoms with van der Waals surface area (Å²) in [6.07, 6.45) is 0.443. The van der Waals surface area contributed by atoms with Gasteiger partial charge in [0.2, 0.25) is 0 Å². The second kappa shape index (κ2) is 10.0. The Morgan fingerprint density at radius 2 is 1.88 bits per heavy atom. The minimum Gasteiger partial charge on any atom is -0.469 e. The monoisotopic (exact) mass is 361 g/mol. The zero-order chi connectivity index (χ0) is 19.0. The first-order valence-corrected chi connectivity index (χ1v) is 7.91. The Kier molecular flexibility index (Phi) is 8.40. The average molecular weight is 361 g/mol. The molecule has 0 spiro atoms. The van der Waals surface area contributed by atoms with Gasteiger partial charge < -0.3 is 14.4 Å². The summed E-state index contributed by atoms with van der Waals surface area (Å²) in [4.78, 5) is 25.3. The number of hydrogen-bond donors (Lipinski definition) is 0. The maximum atomic E-state index is 13.9. The molecule has 0 aliphatic heterocycles. The molecule has 0 N–H and O–H groups in total. The van der Waals surface area contributed by atoms with E-state index in [4.69, 9.17) is 4.74 Å². The molecular weight excluding hydrogens is 339 g/mol. The van der Waals surface area contributed by atoms with Crippen molar-refractivity contribution < 1.29 is 32.2 Å². The lowest BCUT2D eigenvalue weighted by Gasteiger charge is -2.25. The molecule has 25 heavy (non-hydrogen) atoms. The van der Waals surface area contributed by atoms with Crippen LogP contribution in [-0.4, -0.2) is 50.2 Å². The van der Waals surface area contributed by atoms with Gasteiger partial charge in [-0.2, -0.15) is 0 Å². The van der Waals surface area contributed by atoms with Crippen molar-refractivity contribution in [2.24, 2.45) is 5.92 Å². The number of hydrogen-bond acceptors (Lipinski definition) is 4. The third kappa shape index (κ3) is 5.74. The van der Waals surface area contributed by atoms with Crippen molar-refractivity contribution in [1.29, 1.82) is 0 Å². The van der Waals surface area contributed by atoms with Gasteiger partial charge in [-0.15, -0.1) is 0 Å². The molecule has 8 heteroatoms. The smallest absolute Gasteiger partial charge is 0.310 e. The number of esters is 1. The lowest BCUT2D eigenvalue weighted by molar-refractivity contribution is -0.145. The molecule has 0 saturated carbocycles. The normalized spacial score (nSPS) is 11.9. The first kappa shape index (κ1) is 21.0. The van der Waals surface area contributed by atoms with Crippen LogP contribution in [0.3, 0.4) is 0 Å². The Labute approximate surface area is 144 Å². The van der Waals surface area contributed by atoms with Gasteiger partial charge in [-0.3, -0.25) is 9.59 Å². The van der Waals surface area contributed by atoms with Crippen molar-refractivity contribution in [3.8, 4) is 0 Å². The molecule has 0 fully saturated rings. The van der Waals surface area contributed by atoms with E-state index in [1.165, 1.54) is 12.0 Å². The van der Waals surface area contributed by atoms with Gasteiger partial charge in [0.05, 0.1) is 18.6 Å². The molecule has 140 valence electrons. The predicted octanol–water partition coefficient (Wildman–Crippen LogP) is 2.78. The third-order valence-electron chi connectivity index (χ3n) is 3.57. The molecule has 1 rings (SSSR count). The Balaban J connectivity index is 2.98. The average Bonchev–Trinajstić information content (AvgIpc) is 2.60. The molecule has 1 aromatic carbocycles. The molecule has 0 heterocycles. The van der Waals surface area contributed by atoms with Gasteiger partial charge >= 0.3 is 5.97 Å². The zero-order valence-corrected chi connectivity index (χ0v) is 14.5. The summed E-state index contributed by atoms with van der Waals surface area (Å²) < 4.78 is 50.2. The van der Waals surface area contributed by atoms with E-state index < -0.39 is 40.8 Å². The highest BCUT2D eigenvalue weighted by molar-refractivity contribution is 5.94. The number of halogens is 3. The van der Waals surface area contributed by atoms with E-state index in [2.05, 4.69) is 4.74 Å². The summed E-state index contributed by atoms with van der Waals surface area (Å²) in [6.45, 7) is 4.36. The van der Waals surface area contributed by atoms with Crippen LogP contribution in [0.15, 0.2) is 12.1 Å². The number of benzene rings is 1. The van der Waals surface area contributed by atoms with Crippen LogP contribution in [0.2, 0.25) is 0 Å². The summed E-state index contributed by atoms with van der Waals surface area (Å²) in [7, 11) is 1.22. The van der Waals surface area contributed by atoms with Gasteiger partial charge in [0.1, 0.15) is 0 Å². The summed E-state index contributed by atoms with van der Waals surface area (Å²) >= 11 is 0. The van der Waals surface area contributed by atoms with Crippen molar-refractivity contribution in [1.82, 2.24) is 4.90 Å². The highest BCUT2D eigenvalue weighted by Crippen LogP contribution is 2.18. The second-order valence-electron chi connectivity index (χ2n) is 5.45. The molecule has 1 unspecified atom stereocenters. The molecule has 0 saturated heterocycles. The quantitative estimate of drug-likeness (QED) is 0.386. The lowest BCUT2D eigenvalue weighted by Crippen LogP contribution is -2.38. The van der Waals surface area contributed by atoms with Crippen LogP contribution in [-0.2, 0) is 14.3 Å². The van der Waals surface area contributed by atoms with Gasteiger partial charge in [0.25, 0.3) is 5.91 Å². The van der Waals surface area contributed by atoms with Crippen LogP contribution >= 0.6 is 0 Å². The molecule has 5 nitrogen and oxygen atoms in total. The number of ether oxygens (including phenoxy) is 2. The van der Waals surface area contributed by atoms with E-state index in [1.807, 2.05) is 6.92 Å². The highest BCUT2D eigenvalue weighted by Gasteiger charge is 2.26. The van der Waals surface area contributed by atoms with E-state index >= 15 is 0 Å². The fourth-order valence-electron chi connectivity index (χ4n) is 2.25. The maximum Gasteiger partial charge on any atom is 0.310 e. The van der Waals surface area contributed by atoms with Gasteiger partial charge in [-0.1, -0.05) is 6.92 Å². The van der Waals surface area contributed by atoms with E-state index in [0.717, 1.165) is 6.07 Å². The summed E-state index contributed by atoms with van der Waals surface area (Å²) in [5.41, 5.74) is -0.590. The number of carbonyl (C=O) groups is 2. The van der Waals surface area contributed by atoms with E-state index in [9.17, 15) is 22.8 Å². The Hall–Kier alpha value is -2.09. The Bertz CT molecular complexity index is 610. The highest BCUT2D eigenvalue weighted by atomic mass is 19.2. The van der Waals surface area contributed by atoms with Crippen molar-refractivity contribution in [3.05, 3.63) is 35.1 Å². The fraction of sp³-hybridized carbons (Fsp3) is 0.529. The zero-order valence-electron chi connectivity index (χ0n) is 14.5. The minimum absolute atomic E-state index is 0.0456. The minimum atomic E-state index is -1.71. The number of rotatable bonds is 9. The lowest BCUT2D eigenvalue weighted by atomic mass is 10.1. The van der Waals surface area contributed by atoms with Gasteiger partial charge in [0, 0.05) is 26.3 Å². The third-order valence-corrected chi connectivity index (χ3v) is 3.57. The van der Waals surface area contributed by atoms with Crippen LogP contribution in [0.1, 0.15) is 30.6 Å². The van der Waals surface area contributed by atoms with Gasteiger partial charge in [0.15, 0.2) is 17.5 Å². The second-order valence-corrected chi connectivity index (χ2v) is 5.45. The fourth-order valence-corrected chi connectivity index (χ4v) is 2.25. The Morgan fingerprint density at radius 3 is 2.48 bits per heavy atom. The number of carbonyl (C=O) groups excluding carboxylic acids is 2. The molecule has 0 aliphatic rings. The Morgan fingerprint density at radius 1 is 1.20 bits per heavy atom. The van der Waals surface area contributed by atoms with E-state index in [1.54, 1.807) is 6.92 Å². The molecule has 1 amide bonds. The first-order valence-electron chi connectivity index (χ1n) is 7.91. The van der Waals surface area contributed by atoms with Crippen molar-refractivity contribution in [3.63, 3.8) is 0 Å². The summed E-state index contributed by atoms with van der Waals surface area (Å²) in [6, 6.07) is 1.57. The van der Waals surface area contributed by atoms with Crippen molar-refractivity contribution in [2.75, 3.05) is 33.4 Å². The molecule has 0 bridgehead atoms. The molecule has 1 atom stereocenters. The van der Waals surface area contributed by atoms with E-state index in [0.29, 0.717) is 25.7 Å². The maximum absolute atomic E-state index is 13.9. The topological polar surface area (TPSA) is 55.8 Å². The number of amides is 1. The molecule has 0 radical (unpaired) electrons. The summed E-state index contributed by atoms with van der Waals surface area (Å²) in [5, 5.41) is 0. The van der Waals surface area contributed by atoms with Gasteiger partial charge in [-0.25, -0.2) is 13.2 Å². The number of methoxy groups -OCH3 is 1. The predicted molar refractivity (Wildman–Crippen MR) is 84.5 cm³/mol.